The molecule has 0 spiro atoms. The van der Waals surface area contributed by atoms with Gasteiger partial charge in [0.15, 0.2) is 9.84 Å². The highest BCUT2D eigenvalue weighted by atomic mass is 32.2. The van der Waals surface area contributed by atoms with Crippen molar-refractivity contribution < 1.29 is 13.2 Å². The van der Waals surface area contributed by atoms with Crippen LogP contribution in [0.25, 0.3) is 0 Å². The number of carbonyl (C=O) groups is 1. The molecule has 2 aliphatic rings. The van der Waals surface area contributed by atoms with Crippen LogP contribution in [-0.4, -0.2) is 71.4 Å². The molecular weight excluding hydrogens is 404 g/mol. The smallest absolute Gasteiger partial charge is 0.257 e. The molecular formula is C20H28N6O3S. The van der Waals surface area contributed by atoms with Crippen molar-refractivity contribution in [3.8, 4) is 0 Å². The maximum Gasteiger partial charge on any atom is 0.257 e. The minimum Gasteiger partial charge on any atom is -0.341 e. The summed E-state index contributed by atoms with van der Waals surface area (Å²) in [6, 6.07) is 0. The number of rotatable bonds is 4. The normalized spacial score (nSPS) is 18.2. The standard InChI is InChI=1S/C20H28N6O3S/c1-14-16(12-22-24(14)2)19(27)25-10-6-15(7-11-25)18-17(30(3,28)29)13-21-20(23-18)26-8-4-5-9-26/h12-13,15H,4-11H2,1-3H3. The monoisotopic (exact) mass is 432 g/mol. The van der Waals surface area contributed by atoms with E-state index in [2.05, 4.69) is 15.0 Å². The Morgan fingerprint density at radius 1 is 1.10 bits per heavy atom. The van der Waals surface area contributed by atoms with Crippen molar-refractivity contribution in [2.75, 3.05) is 37.3 Å². The molecule has 2 aromatic heterocycles. The van der Waals surface area contributed by atoms with Crippen molar-refractivity contribution in [3.05, 3.63) is 29.3 Å². The third-order valence-corrected chi connectivity index (χ3v) is 7.31. The van der Waals surface area contributed by atoms with Crippen molar-refractivity contribution in [1.29, 1.82) is 0 Å². The second-order valence-corrected chi connectivity index (χ2v) is 10.2. The van der Waals surface area contributed by atoms with Gasteiger partial charge in [-0.25, -0.2) is 18.4 Å². The fourth-order valence-electron chi connectivity index (χ4n) is 4.26. The van der Waals surface area contributed by atoms with Gasteiger partial charge in [0.1, 0.15) is 4.90 Å². The zero-order valence-electron chi connectivity index (χ0n) is 17.7. The van der Waals surface area contributed by atoms with E-state index in [-0.39, 0.29) is 16.7 Å². The molecule has 9 nitrogen and oxygen atoms in total. The first-order valence-corrected chi connectivity index (χ1v) is 12.2. The van der Waals surface area contributed by atoms with Crippen LogP contribution >= 0.6 is 0 Å². The minimum atomic E-state index is -3.43. The summed E-state index contributed by atoms with van der Waals surface area (Å²) in [6.07, 6.45) is 7.81. The summed E-state index contributed by atoms with van der Waals surface area (Å²) in [5.74, 6) is 0.570. The van der Waals surface area contributed by atoms with Crippen molar-refractivity contribution in [2.45, 2.75) is 43.4 Å². The molecule has 0 N–H and O–H groups in total. The Morgan fingerprint density at radius 3 is 2.33 bits per heavy atom. The molecule has 2 aliphatic heterocycles. The van der Waals surface area contributed by atoms with E-state index in [1.165, 1.54) is 12.5 Å². The molecule has 2 aromatic rings. The van der Waals surface area contributed by atoms with Crippen LogP contribution in [0.3, 0.4) is 0 Å². The zero-order valence-corrected chi connectivity index (χ0v) is 18.5. The zero-order chi connectivity index (χ0) is 21.5. The van der Waals surface area contributed by atoms with Crippen LogP contribution in [0.4, 0.5) is 5.95 Å². The molecule has 4 heterocycles. The number of nitrogens with zero attached hydrogens (tertiary/aromatic N) is 6. The van der Waals surface area contributed by atoms with Gasteiger partial charge in [0, 0.05) is 51.1 Å². The van der Waals surface area contributed by atoms with E-state index in [1.54, 1.807) is 10.9 Å². The molecule has 162 valence electrons. The number of piperidine rings is 1. The van der Waals surface area contributed by atoms with Gasteiger partial charge in [0.2, 0.25) is 5.95 Å². The third kappa shape index (κ3) is 3.92. The van der Waals surface area contributed by atoms with Crippen LogP contribution < -0.4 is 4.90 Å². The second kappa shape index (κ2) is 7.98. The quantitative estimate of drug-likeness (QED) is 0.722. The molecule has 0 radical (unpaired) electrons. The first-order valence-electron chi connectivity index (χ1n) is 10.4. The Kier molecular flexibility index (Phi) is 5.52. The maximum absolute atomic E-state index is 12.9. The summed E-state index contributed by atoms with van der Waals surface area (Å²) in [5, 5.41) is 4.16. The average Bonchev–Trinajstić information content (AvgIpc) is 3.37. The van der Waals surface area contributed by atoms with Gasteiger partial charge in [0.25, 0.3) is 5.91 Å². The first kappa shape index (κ1) is 20.8. The molecule has 0 aromatic carbocycles. The molecule has 0 bridgehead atoms. The predicted molar refractivity (Wildman–Crippen MR) is 112 cm³/mol. The summed E-state index contributed by atoms with van der Waals surface area (Å²) in [6.45, 7) is 4.80. The van der Waals surface area contributed by atoms with Crippen molar-refractivity contribution in [2.24, 2.45) is 7.05 Å². The largest absolute Gasteiger partial charge is 0.341 e. The van der Waals surface area contributed by atoms with E-state index in [0.717, 1.165) is 31.6 Å². The van der Waals surface area contributed by atoms with Crippen molar-refractivity contribution in [1.82, 2.24) is 24.6 Å². The number of anilines is 1. The van der Waals surface area contributed by atoms with Crippen molar-refractivity contribution in [3.63, 3.8) is 0 Å². The van der Waals surface area contributed by atoms with Gasteiger partial charge < -0.3 is 9.80 Å². The Bertz CT molecular complexity index is 1050. The summed E-state index contributed by atoms with van der Waals surface area (Å²) in [4.78, 5) is 26.1. The average molecular weight is 433 g/mol. The summed E-state index contributed by atoms with van der Waals surface area (Å²) < 4.78 is 26.4. The molecule has 0 saturated carbocycles. The van der Waals surface area contributed by atoms with E-state index in [4.69, 9.17) is 4.98 Å². The number of aryl methyl sites for hydroxylation is 1. The number of likely N-dealkylation sites (tertiary alicyclic amines) is 1. The van der Waals surface area contributed by atoms with Crippen LogP contribution in [0.1, 0.15) is 53.3 Å². The lowest BCUT2D eigenvalue weighted by atomic mass is 9.93. The first-order chi connectivity index (χ1) is 14.3. The SMILES string of the molecule is Cc1c(C(=O)N2CCC(c3nc(N4CCCC4)ncc3S(C)(=O)=O)CC2)cnn1C. The molecule has 30 heavy (non-hydrogen) atoms. The van der Waals surface area contributed by atoms with Gasteiger partial charge >= 0.3 is 0 Å². The highest BCUT2D eigenvalue weighted by Gasteiger charge is 2.31. The molecule has 1 amide bonds. The molecule has 0 unspecified atom stereocenters. The molecule has 2 fully saturated rings. The summed E-state index contributed by atoms with van der Waals surface area (Å²) in [5.41, 5.74) is 2.05. The Labute approximate surface area is 177 Å². The fourth-order valence-corrected chi connectivity index (χ4v) is 5.09. The Hall–Kier alpha value is -2.49. The van der Waals surface area contributed by atoms with Crippen LogP contribution in [-0.2, 0) is 16.9 Å². The fraction of sp³-hybridized carbons (Fsp3) is 0.600. The lowest BCUT2D eigenvalue weighted by Gasteiger charge is -2.32. The molecule has 4 rings (SSSR count). The van der Waals surface area contributed by atoms with E-state index in [1.807, 2.05) is 18.9 Å². The summed E-state index contributed by atoms with van der Waals surface area (Å²) in [7, 11) is -1.62. The van der Waals surface area contributed by atoms with E-state index < -0.39 is 9.84 Å². The van der Waals surface area contributed by atoms with E-state index in [9.17, 15) is 13.2 Å². The van der Waals surface area contributed by atoms with Crippen LogP contribution in [0, 0.1) is 6.92 Å². The number of carbonyl (C=O) groups excluding carboxylic acids is 1. The van der Waals surface area contributed by atoms with Gasteiger partial charge in [-0.2, -0.15) is 5.10 Å². The van der Waals surface area contributed by atoms with Crippen LogP contribution in [0.5, 0.6) is 0 Å². The number of sulfone groups is 1. The van der Waals surface area contributed by atoms with E-state index in [0.29, 0.717) is 43.1 Å². The predicted octanol–water partition coefficient (Wildman–Crippen LogP) is 1.54. The minimum absolute atomic E-state index is 0.0156. The Morgan fingerprint density at radius 2 is 1.77 bits per heavy atom. The highest BCUT2D eigenvalue weighted by Crippen LogP contribution is 2.33. The maximum atomic E-state index is 12.9. The van der Waals surface area contributed by atoms with Gasteiger partial charge in [-0.3, -0.25) is 9.48 Å². The number of aromatic nitrogens is 4. The lowest BCUT2D eigenvalue weighted by molar-refractivity contribution is 0.0710. The number of amides is 1. The molecule has 10 heteroatoms. The van der Waals surface area contributed by atoms with Gasteiger partial charge in [-0.15, -0.1) is 0 Å². The molecule has 0 aliphatic carbocycles. The lowest BCUT2D eigenvalue weighted by Crippen LogP contribution is -2.38. The van der Waals surface area contributed by atoms with Crippen LogP contribution in [0.15, 0.2) is 17.3 Å². The van der Waals surface area contributed by atoms with Crippen molar-refractivity contribution >= 4 is 21.7 Å². The number of hydrogen-bond acceptors (Lipinski definition) is 7. The molecule has 0 atom stereocenters. The molecule has 2 saturated heterocycles. The van der Waals surface area contributed by atoms with Gasteiger partial charge in [-0.05, 0) is 32.6 Å². The second-order valence-electron chi connectivity index (χ2n) is 8.22. The summed E-state index contributed by atoms with van der Waals surface area (Å²) >= 11 is 0. The van der Waals surface area contributed by atoms with Gasteiger partial charge in [-0.1, -0.05) is 0 Å². The Balaban J connectivity index is 1.55. The van der Waals surface area contributed by atoms with E-state index >= 15 is 0 Å². The van der Waals surface area contributed by atoms with Gasteiger partial charge in [0.05, 0.1) is 23.7 Å². The number of hydrogen-bond donors (Lipinski definition) is 0. The third-order valence-electron chi connectivity index (χ3n) is 6.19. The highest BCUT2D eigenvalue weighted by molar-refractivity contribution is 7.90. The topological polar surface area (TPSA) is 101 Å². The van der Waals surface area contributed by atoms with Crippen LogP contribution in [0.2, 0.25) is 0 Å².